The van der Waals surface area contributed by atoms with E-state index in [9.17, 15) is 0 Å². The first kappa shape index (κ1) is 9.96. The molecule has 1 fully saturated rings. The van der Waals surface area contributed by atoms with Crippen LogP contribution in [0.1, 0.15) is 19.8 Å². The van der Waals surface area contributed by atoms with Crippen LogP contribution in [0.3, 0.4) is 0 Å². The summed E-state index contributed by atoms with van der Waals surface area (Å²) in [5.41, 5.74) is 0. The lowest BCUT2D eigenvalue weighted by atomic mass is 10.00. The number of piperidine rings is 1. The molecule has 0 radical (unpaired) electrons. The Labute approximate surface area is 74.5 Å². The minimum Gasteiger partial charge on any atom is -0.392 e. The van der Waals surface area contributed by atoms with Gasteiger partial charge in [0, 0.05) is 6.54 Å². The standard InChI is InChI=1S/C9H20N2O/c1-8(12)5-11-7-9-3-2-4-10-6-9/h8-12H,2-7H2,1H3/t8-,9-/m0/s1. The van der Waals surface area contributed by atoms with E-state index in [1.165, 1.54) is 19.4 Å². The van der Waals surface area contributed by atoms with Gasteiger partial charge < -0.3 is 15.7 Å². The Morgan fingerprint density at radius 1 is 1.67 bits per heavy atom. The first-order valence-corrected chi connectivity index (χ1v) is 4.88. The Kier molecular flexibility index (Phi) is 4.58. The van der Waals surface area contributed by atoms with Crippen LogP contribution in [0.15, 0.2) is 0 Å². The van der Waals surface area contributed by atoms with Crippen LogP contribution >= 0.6 is 0 Å². The zero-order chi connectivity index (χ0) is 8.81. The van der Waals surface area contributed by atoms with Gasteiger partial charge in [-0.25, -0.2) is 0 Å². The lowest BCUT2D eigenvalue weighted by molar-refractivity contribution is 0.187. The fourth-order valence-electron chi connectivity index (χ4n) is 1.59. The molecular weight excluding hydrogens is 152 g/mol. The van der Waals surface area contributed by atoms with E-state index in [2.05, 4.69) is 10.6 Å². The van der Waals surface area contributed by atoms with Gasteiger partial charge >= 0.3 is 0 Å². The summed E-state index contributed by atoms with van der Waals surface area (Å²) in [6.07, 6.45) is 2.39. The summed E-state index contributed by atoms with van der Waals surface area (Å²) in [4.78, 5) is 0. The largest absolute Gasteiger partial charge is 0.392 e. The molecule has 1 rings (SSSR count). The molecule has 12 heavy (non-hydrogen) atoms. The molecular formula is C9H20N2O. The Bertz CT molecular complexity index is 111. The third kappa shape index (κ3) is 4.04. The van der Waals surface area contributed by atoms with Crippen molar-refractivity contribution in [3.05, 3.63) is 0 Å². The van der Waals surface area contributed by atoms with Gasteiger partial charge in [-0.3, -0.25) is 0 Å². The van der Waals surface area contributed by atoms with Crippen molar-refractivity contribution in [2.45, 2.75) is 25.9 Å². The van der Waals surface area contributed by atoms with Gasteiger partial charge in [-0.1, -0.05) is 0 Å². The number of aliphatic hydroxyl groups is 1. The first-order chi connectivity index (χ1) is 5.79. The van der Waals surface area contributed by atoms with Gasteiger partial charge in [0.25, 0.3) is 0 Å². The summed E-state index contributed by atoms with van der Waals surface area (Å²) < 4.78 is 0. The van der Waals surface area contributed by atoms with E-state index in [1.807, 2.05) is 6.92 Å². The van der Waals surface area contributed by atoms with Gasteiger partial charge in [0.2, 0.25) is 0 Å². The van der Waals surface area contributed by atoms with Crippen LogP contribution < -0.4 is 10.6 Å². The molecule has 0 aromatic rings. The molecule has 0 spiro atoms. The maximum atomic E-state index is 9.00. The SMILES string of the molecule is C[C@H](O)CNC[C@H]1CCCNC1. The summed E-state index contributed by atoms with van der Waals surface area (Å²) in [7, 11) is 0. The highest BCUT2D eigenvalue weighted by Crippen LogP contribution is 2.07. The zero-order valence-electron chi connectivity index (χ0n) is 7.84. The van der Waals surface area contributed by atoms with Crippen LogP contribution in [0.5, 0.6) is 0 Å². The summed E-state index contributed by atoms with van der Waals surface area (Å²) in [5.74, 6) is 0.762. The molecule has 0 aromatic carbocycles. The topological polar surface area (TPSA) is 44.3 Å². The minimum atomic E-state index is -0.221. The summed E-state index contributed by atoms with van der Waals surface area (Å²) in [6.45, 7) is 5.88. The molecule has 3 heteroatoms. The smallest absolute Gasteiger partial charge is 0.0636 e. The maximum Gasteiger partial charge on any atom is 0.0636 e. The fourth-order valence-corrected chi connectivity index (χ4v) is 1.59. The Hall–Kier alpha value is -0.120. The average molecular weight is 172 g/mol. The number of rotatable bonds is 4. The Morgan fingerprint density at radius 2 is 2.50 bits per heavy atom. The van der Waals surface area contributed by atoms with Crippen molar-refractivity contribution in [3.63, 3.8) is 0 Å². The van der Waals surface area contributed by atoms with E-state index < -0.39 is 0 Å². The molecule has 3 N–H and O–H groups in total. The molecule has 1 heterocycles. The molecule has 72 valence electrons. The molecule has 1 saturated heterocycles. The third-order valence-electron chi connectivity index (χ3n) is 2.27. The van der Waals surface area contributed by atoms with Gasteiger partial charge in [-0.2, -0.15) is 0 Å². The van der Waals surface area contributed by atoms with Crippen LogP contribution in [0.2, 0.25) is 0 Å². The second-order valence-corrected chi connectivity index (χ2v) is 3.72. The number of aliphatic hydroxyl groups excluding tert-OH is 1. The predicted octanol–water partition coefficient (Wildman–Crippen LogP) is -0.0436. The van der Waals surface area contributed by atoms with Crippen LogP contribution in [-0.4, -0.2) is 37.4 Å². The van der Waals surface area contributed by atoms with E-state index in [4.69, 9.17) is 5.11 Å². The average Bonchev–Trinajstić information content (AvgIpc) is 2.05. The van der Waals surface area contributed by atoms with Gasteiger partial charge in [0.15, 0.2) is 0 Å². The Balaban J connectivity index is 1.98. The van der Waals surface area contributed by atoms with Crippen LogP contribution in [0.25, 0.3) is 0 Å². The monoisotopic (exact) mass is 172 g/mol. The molecule has 0 saturated carbocycles. The van der Waals surface area contributed by atoms with Crippen molar-refractivity contribution < 1.29 is 5.11 Å². The van der Waals surface area contributed by atoms with Crippen molar-refractivity contribution in [1.82, 2.24) is 10.6 Å². The van der Waals surface area contributed by atoms with Crippen molar-refractivity contribution in [2.75, 3.05) is 26.2 Å². The molecule has 3 nitrogen and oxygen atoms in total. The van der Waals surface area contributed by atoms with E-state index in [0.29, 0.717) is 0 Å². The van der Waals surface area contributed by atoms with Gasteiger partial charge in [-0.15, -0.1) is 0 Å². The molecule has 0 aromatic heterocycles. The first-order valence-electron chi connectivity index (χ1n) is 4.88. The summed E-state index contributed by atoms with van der Waals surface area (Å²) >= 11 is 0. The molecule has 0 bridgehead atoms. The van der Waals surface area contributed by atoms with E-state index in [-0.39, 0.29) is 6.10 Å². The highest BCUT2D eigenvalue weighted by molar-refractivity contribution is 4.71. The summed E-state index contributed by atoms with van der Waals surface area (Å²) in [6, 6.07) is 0. The number of nitrogens with one attached hydrogen (secondary N) is 2. The van der Waals surface area contributed by atoms with E-state index in [1.54, 1.807) is 0 Å². The molecule has 2 atom stereocenters. The molecule has 0 aliphatic carbocycles. The highest BCUT2D eigenvalue weighted by Gasteiger charge is 2.11. The Morgan fingerprint density at radius 3 is 3.08 bits per heavy atom. The van der Waals surface area contributed by atoms with Crippen molar-refractivity contribution in [2.24, 2.45) is 5.92 Å². The van der Waals surface area contributed by atoms with Gasteiger partial charge in [0.05, 0.1) is 6.10 Å². The second-order valence-electron chi connectivity index (χ2n) is 3.72. The molecule has 1 aliphatic heterocycles. The van der Waals surface area contributed by atoms with Crippen LogP contribution in [0.4, 0.5) is 0 Å². The van der Waals surface area contributed by atoms with Gasteiger partial charge in [-0.05, 0) is 45.3 Å². The van der Waals surface area contributed by atoms with Crippen molar-refractivity contribution in [1.29, 1.82) is 0 Å². The summed E-state index contributed by atoms with van der Waals surface area (Å²) in [5, 5.41) is 15.6. The van der Waals surface area contributed by atoms with Crippen molar-refractivity contribution in [3.8, 4) is 0 Å². The zero-order valence-corrected chi connectivity index (χ0v) is 7.84. The number of hydrogen-bond acceptors (Lipinski definition) is 3. The normalized spacial score (nSPS) is 27.0. The third-order valence-corrected chi connectivity index (χ3v) is 2.27. The van der Waals surface area contributed by atoms with Gasteiger partial charge in [0.1, 0.15) is 0 Å². The maximum absolute atomic E-state index is 9.00. The second kappa shape index (κ2) is 5.51. The minimum absolute atomic E-state index is 0.221. The fraction of sp³-hybridized carbons (Fsp3) is 1.00. The van der Waals surface area contributed by atoms with E-state index in [0.717, 1.165) is 25.6 Å². The quantitative estimate of drug-likeness (QED) is 0.557. The lowest BCUT2D eigenvalue weighted by Crippen LogP contribution is -2.37. The lowest BCUT2D eigenvalue weighted by Gasteiger charge is -2.23. The highest BCUT2D eigenvalue weighted by atomic mass is 16.3. The molecule has 0 unspecified atom stereocenters. The predicted molar refractivity (Wildman–Crippen MR) is 50.1 cm³/mol. The molecule has 1 aliphatic rings. The van der Waals surface area contributed by atoms with Crippen LogP contribution in [-0.2, 0) is 0 Å². The van der Waals surface area contributed by atoms with E-state index >= 15 is 0 Å². The molecule has 0 amide bonds. The van der Waals surface area contributed by atoms with Crippen molar-refractivity contribution >= 4 is 0 Å². The van der Waals surface area contributed by atoms with Crippen LogP contribution in [0, 0.1) is 5.92 Å². The number of hydrogen-bond donors (Lipinski definition) is 3.